The molecule has 466 valence electrons. The van der Waals surface area contributed by atoms with Crippen LogP contribution in [0.4, 0.5) is 5.69 Å². The first kappa shape index (κ1) is 64.8. The van der Waals surface area contributed by atoms with Crippen molar-refractivity contribution in [3.8, 4) is 33.4 Å². The molecule has 12 rings (SSSR count). The fraction of sp³-hybridized carbons (Fsp3) is 0.0986. The molecule has 5 N–H and O–H groups in total. The zero-order valence-electron chi connectivity index (χ0n) is 50.7. The molecule has 1 atom stereocenters. The lowest BCUT2D eigenvalue weighted by molar-refractivity contribution is 0.101. The van der Waals surface area contributed by atoms with Gasteiger partial charge in [0, 0.05) is 29.9 Å². The van der Waals surface area contributed by atoms with Crippen LogP contribution < -0.4 is 4.72 Å². The number of sulfonamides is 1. The lowest BCUT2D eigenvalue weighted by Gasteiger charge is -2.11. The third-order valence-corrected chi connectivity index (χ3v) is 18.6. The van der Waals surface area contributed by atoms with Gasteiger partial charge in [0.2, 0.25) is 10.0 Å². The Bertz CT molecular complexity index is 5310. The Morgan fingerprint density at radius 3 is 1.13 bits per heavy atom. The summed E-state index contributed by atoms with van der Waals surface area (Å²) < 4.78 is 95.3. The Balaban J connectivity index is 0.000000151. The van der Waals surface area contributed by atoms with Crippen molar-refractivity contribution in [1.82, 2.24) is 29.9 Å². The van der Waals surface area contributed by atoms with Gasteiger partial charge in [0.05, 0.1) is 65.8 Å². The fourth-order valence-corrected chi connectivity index (χ4v) is 12.5. The number of H-pyrrole nitrogens is 3. The summed E-state index contributed by atoms with van der Waals surface area (Å²) in [5.74, 6) is 2.07. The normalized spacial score (nSPS) is 12.5. The second-order valence-corrected chi connectivity index (χ2v) is 29.7. The van der Waals surface area contributed by atoms with E-state index in [4.69, 9.17) is 0 Å². The molecule has 12 aromatic rings. The number of fused-ring (bicyclic) bond motifs is 3. The highest BCUT2D eigenvalue weighted by atomic mass is 32.2. The highest BCUT2D eigenvalue weighted by Crippen LogP contribution is 2.33. The van der Waals surface area contributed by atoms with Crippen LogP contribution in [0.15, 0.2) is 215 Å². The number of aromatic nitrogens is 6. The molecular weight excluding hydrogens is 1240 g/mol. The molecule has 17 nitrogen and oxygen atoms in total. The molecule has 1 unspecified atom stereocenters. The zero-order valence-corrected chi connectivity index (χ0v) is 54.0. The number of ketones is 1. The van der Waals surface area contributed by atoms with Crippen LogP contribution in [0.3, 0.4) is 0 Å². The standard InChI is InChI=1S/C24H22N2O3S.C24H20N2O3S.C23H21N3O4S2/c2*1-16(27)20-5-3-4-6-21(20)18-10-13-22-23(15-18)26-24(25-22)14-9-17-7-11-19(12-8-17)30(2,28)29;1-31(27,28)18-11-7-16(8-12-18)9-14-23-24-21-13-10-17(15-22(21)25-23)19-5-3-4-6-20(19)26-32(2,29)30/h3-16,27H,1-2H3,(H,25,26);3-15H,1-2H3,(H,25,26);3-15,26H,1-2H3,(H,24,25)/b3*14-9+. The molecule has 9 aromatic carbocycles. The van der Waals surface area contributed by atoms with E-state index in [2.05, 4.69) is 34.6 Å². The molecule has 0 saturated heterocycles. The van der Waals surface area contributed by atoms with E-state index in [0.29, 0.717) is 38.5 Å². The monoisotopic (exact) mass is 1300 g/mol. The summed E-state index contributed by atoms with van der Waals surface area (Å²) >= 11 is 0. The number of hydrogen-bond donors (Lipinski definition) is 5. The van der Waals surface area contributed by atoms with E-state index in [1.54, 1.807) is 98.8 Å². The fourth-order valence-electron chi connectivity index (χ4n) is 10.0. The van der Waals surface area contributed by atoms with E-state index in [9.17, 15) is 43.6 Å². The summed E-state index contributed by atoms with van der Waals surface area (Å²) in [7, 11) is -13.0. The number of sulfone groups is 3. The lowest BCUT2D eigenvalue weighted by atomic mass is 9.96. The van der Waals surface area contributed by atoms with Crippen LogP contribution in [-0.4, -0.2) is 99.5 Å². The van der Waals surface area contributed by atoms with Gasteiger partial charge >= 0.3 is 0 Å². The average Bonchev–Trinajstić information content (AvgIpc) is 1.69. The van der Waals surface area contributed by atoms with Crippen molar-refractivity contribution >= 4 is 121 Å². The smallest absolute Gasteiger partial charge is 0.229 e. The third kappa shape index (κ3) is 16.4. The van der Waals surface area contributed by atoms with Crippen molar-refractivity contribution in [2.24, 2.45) is 0 Å². The van der Waals surface area contributed by atoms with Gasteiger partial charge in [-0.3, -0.25) is 9.52 Å². The van der Waals surface area contributed by atoms with Gasteiger partial charge in [-0.15, -0.1) is 0 Å². The van der Waals surface area contributed by atoms with Gasteiger partial charge in [-0.1, -0.05) is 140 Å². The first-order valence-electron chi connectivity index (χ1n) is 28.6. The van der Waals surface area contributed by atoms with Crippen LogP contribution in [0.25, 0.3) is 103 Å². The summed E-state index contributed by atoms with van der Waals surface area (Å²) in [6.07, 6.45) is 15.2. The summed E-state index contributed by atoms with van der Waals surface area (Å²) in [4.78, 5) is 36.4. The molecule has 0 radical (unpaired) electrons. The second kappa shape index (κ2) is 27.1. The maximum atomic E-state index is 11.9. The van der Waals surface area contributed by atoms with Crippen molar-refractivity contribution in [2.45, 2.75) is 34.6 Å². The summed E-state index contributed by atoms with van der Waals surface area (Å²) in [5, 5.41) is 10.1. The number of carbonyl (C=O) groups excluding carboxylic acids is 1. The van der Waals surface area contributed by atoms with E-state index in [-0.39, 0.29) is 10.7 Å². The molecular formula is C71H63N7O10S4. The number of carbonyl (C=O) groups is 1. The second-order valence-electron chi connectivity index (χ2n) is 21.9. The molecule has 3 aromatic heterocycles. The van der Waals surface area contributed by atoms with Crippen LogP contribution in [0.5, 0.6) is 0 Å². The number of nitrogens with one attached hydrogen (secondary N) is 4. The largest absolute Gasteiger partial charge is 0.389 e. The number of hydrogen-bond acceptors (Lipinski definition) is 13. The Morgan fingerprint density at radius 2 is 0.761 bits per heavy atom. The molecule has 0 spiro atoms. The van der Waals surface area contributed by atoms with Crippen LogP contribution in [0.1, 0.15) is 70.0 Å². The average molecular weight is 1300 g/mol. The number of Topliss-reactive ketones (excluding diaryl/α,β-unsaturated/α-hetero) is 1. The lowest BCUT2D eigenvalue weighted by Crippen LogP contribution is -2.10. The summed E-state index contributed by atoms with van der Waals surface area (Å²) in [6, 6.07) is 60.1. The number of aliphatic hydroxyl groups is 1. The van der Waals surface area contributed by atoms with Crippen molar-refractivity contribution in [3.63, 3.8) is 0 Å². The van der Waals surface area contributed by atoms with E-state index < -0.39 is 45.6 Å². The summed E-state index contributed by atoms with van der Waals surface area (Å²) in [6.45, 7) is 3.33. The molecule has 3 heterocycles. The highest BCUT2D eigenvalue weighted by molar-refractivity contribution is 7.92. The number of benzene rings is 9. The Hall–Kier alpha value is -10.2. The number of nitrogens with zero attached hydrogens (tertiary/aromatic N) is 3. The van der Waals surface area contributed by atoms with Gasteiger partial charge in [-0.25, -0.2) is 48.6 Å². The van der Waals surface area contributed by atoms with Gasteiger partial charge in [-0.05, 0) is 161 Å². The predicted molar refractivity (Wildman–Crippen MR) is 369 cm³/mol. The summed E-state index contributed by atoms with van der Waals surface area (Å²) in [5.41, 5.74) is 15.2. The van der Waals surface area contributed by atoms with Gasteiger partial charge in [0.15, 0.2) is 35.3 Å². The number of aromatic amines is 3. The quantitative estimate of drug-likeness (QED) is 0.0564. The molecule has 0 aliphatic heterocycles. The Labute approximate surface area is 533 Å². The molecule has 0 aliphatic rings. The molecule has 0 amide bonds. The molecule has 0 saturated carbocycles. The molecule has 0 fully saturated rings. The van der Waals surface area contributed by atoms with Crippen molar-refractivity contribution in [2.75, 3.05) is 29.7 Å². The number of rotatable bonds is 16. The molecule has 21 heteroatoms. The minimum atomic E-state index is -3.40. The molecule has 0 aliphatic carbocycles. The minimum absolute atomic E-state index is 0.0285. The zero-order chi connectivity index (χ0) is 65.5. The van der Waals surface area contributed by atoms with Crippen LogP contribution in [0.2, 0.25) is 0 Å². The van der Waals surface area contributed by atoms with Crippen molar-refractivity contribution in [1.29, 1.82) is 0 Å². The van der Waals surface area contributed by atoms with Gasteiger partial charge in [0.1, 0.15) is 17.5 Å². The van der Waals surface area contributed by atoms with Crippen LogP contribution in [-0.2, 0) is 39.5 Å². The van der Waals surface area contributed by atoms with Crippen LogP contribution in [0, 0.1) is 0 Å². The molecule has 92 heavy (non-hydrogen) atoms. The first-order chi connectivity index (χ1) is 43.7. The van der Waals surface area contributed by atoms with E-state index in [0.717, 1.165) is 95.0 Å². The van der Waals surface area contributed by atoms with E-state index in [1.807, 2.05) is 152 Å². The molecule has 0 bridgehead atoms. The van der Waals surface area contributed by atoms with Gasteiger partial charge < -0.3 is 20.1 Å². The number of anilines is 1. The van der Waals surface area contributed by atoms with Gasteiger partial charge in [0.25, 0.3) is 0 Å². The van der Waals surface area contributed by atoms with Crippen molar-refractivity contribution in [3.05, 3.63) is 245 Å². The Kier molecular flexibility index (Phi) is 19.1. The maximum Gasteiger partial charge on any atom is 0.229 e. The van der Waals surface area contributed by atoms with E-state index in [1.165, 1.54) is 18.8 Å². The number of imidazole rings is 3. The first-order valence-corrected chi connectivity index (χ1v) is 36.2. The van der Waals surface area contributed by atoms with Crippen molar-refractivity contribution < 1.29 is 43.6 Å². The number of aliphatic hydroxyl groups excluding tert-OH is 1. The van der Waals surface area contributed by atoms with Gasteiger partial charge in [-0.2, -0.15) is 0 Å². The van der Waals surface area contributed by atoms with Crippen LogP contribution >= 0.6 is 0 Å². The SMILES string of the molecule is CC(=O)c1ccccc1-c1ccc2nc(/C=C/c3ccc(S(C)(=O)=O)cc3)[nH]c2c1.CC(O)c1ccccc1-c1ccc2nc(/C=C/c3ccc(S(C)(=O)=O)cc3)[nH]c2c1.CS(=O)(=O)Nc1ccccc1-c1ccc2nc(/C=C/c3ccc(S(C)(=O)=O)cc3)[nH]c2c1. The maximum absolute atomic E-state index is 11.9. The third-order valence-electron chi connectivity index (χ3n) is 14.6. The number of para-hydroxylation sites is 1. The van der Waals surface area contributed by atoms with E-state index >= 15 is 0 Å². The predicted octanol–water partition coefficient (Wildman–Crippen LogP) is 14.0. The Morgan fingerprint density at radius 1 is 0.424 bits per heavy atom. The topological polar surface area (TPSA) is 272 Å². The minimum Gasteiger partial charge on any atom is -0.389 e. The highest BCUT2D eigenvalue weighted by Gasteiger charge is 2.15.